The number of hydrogen-bond acceptors (Lipinski definition) is 2. The molecule has 2 rings (SSSR count). The highest BCUT2D eigenvalue weighted by Crippen LogP contribution is 2.24. The Morgan fingerprint density at radius 2 is 1.95 bits per heavy atom. The topological polar surface area (TPSA) is 66.4 Å². The molecule has 1 aromatic rings. The average Bonchev–Trinajstić information content (AvgIpc) is 2.67. The van der Waals surface area contributed by atoms with Crippen molar-refractivity contribution in [2.24, 2.45) is 5.92 Å². The normalized spacial score (nSPS) is 22.4. The van der Waals surface area contributed by atoms with Gasteiger partial charge in [-0.25, -0.2) is 4.39 Å². The van der Waals surface area contributed by atoms with Gasteiger partial charge in [0, 0.05) is 11.6 Å². The number of halogens is 2. The van der Waals surface area contributed by atoms with Crippen molar-refractivity contribution in [1.82, 2.24) is 5.32 Å². The van der Waals surface area contributed by atoms with Crippen molar-refractivity contribution in [3.8, 4) is 0 Å². The molecule has 1 aliphatic rings. The molecule has 0 saturated heterocycles. The summed E-state index contributed by atoms with van der Waals surface area (Å²) in [5.41, 5.74) is 0.316. The van der Waals surface area contributed by atoms with E-state index in [1.165, 1.54) is 18.2 Å². The number of nitrogens with one attached hydrogen (secondary N) is 1. The minimum absolute atomic E-state index is 0.214. The zero-order valence-corrected chi connectivity index (χ0v) is 13.0. The van der Waals surface area contributed by atoms with Gasteiger partial charge in [-0.3, -0.25) is 9.59 Å². The Bertz CT molecular complexity index is 550. The smallest absolute Gasteiger partial charge is 0.308 e. The van der Waals surface area contributed by atoms with E-state index >= 15 is 0 Å². The van der Waals surface area contributed by atoms with Crippen LogP contribution in [0.4, 0.5) is 4.39 Å². The minimum Gasteiger partial charge on any atom is -0.481 e. The van der Waals surface area contributed by atoms with Crippen LogP contribution in [0.1, 0.15) is 42.5 Å². The zero-order valence-electron chi connectivity index (χ0n) is 11.4. The van der Waals surface area contributed by atoms with Gasteiger partial charge in [0.05, 0.1) is 10.4 Å². The average molecular weight is 358 g/mol. The number of hydrogen-bond donors (Lipinski definition) is 2. The summed E-state index contributed by atoms with van der Waals surface area (Å²) >= 11 is 3.04. The Kier molecular flexibility index (Phi) is 5.33. The summed E-state index contributed by atoms with van der Waals surface area (Å²) in [6.07, 6.45) is 3.99. The van der Waals surface area contributed by atoms with Crippen LogP contribution in [-0.2, 0) is 4.79 Å². The van der Waals surface area contributed by atoms with E-state index in [4.69, 9.17) is 0 Å². The Morgan fingerprint density at radius 1 is 1.24 bits per heavy atom. The number of carbonyl (C=O) groups is 2. The van der Waals surface area contributed by atoms with Gasteiger partial charge in [0.15, 0.2) is 0 Å². The first-order chi connectivity index (χ1) is 9.99. The lowest BCUT2D eigenvalue weighted by Crippen LogP contribution is -2.42. The molecule has 1 fully saturated rings. The summed E-state index contributed by atoms with van der Waals surface area (Å²) < 4.78 is 13.4. The Labute approximate surface area is 130 Å². The molecule has 2 unspecified atom stereocenters. The molecule has 1 amide bonds. The van der Waals surface area contributed by atoms with Gasteiger partial charge < -0.3 is 10.4 Å². The summed E-state index contributed by atoms with van der Waals surface area (Å²) in [5.74, 6) is -2.24. The van der Waals surface area contributed by atoms with Gasteiger partial charge in [0.2, 0.25) is 0 Å². The van der Waals surface area contributed by atoms with Gasteiger partial charge in [0.1, 0.15) is 5.82 Å². The van der Waals surface area contributed by atoms with Crippen LogP contribution >= 0.6 is 15.9 Å². The van der Waals surface area contributed by atoms with E-state index in [2.05, 4.69) is 21.2 Å². The van der Waals surface area contributed by atoms with Gasteiger partial charge >= 0.3 is 5.97 Å². The number of carbonyl (C=O) groups excluding carboxylic acids is 1. The van der Waals surface area contributed by atoms with Gasteiger partial charge in [0.25, 0.3) is 5.91 Å². The summed E-state index contributed by atoms with van der Waals surface area (Å²) in [6.45, 7) is 0. The third-order valence-electron chi connectivity index (χ3n) is 3.83. The molecule has 2 atom stereocenters. The SMILES string of the molecule is O=C(NC1CCCCCC1C(=O)O)c1ccc(F)c(Br)c1. The molecular formula is C15H17BrFNO3. The number of amides is 1. The van der Waals surface area contributed by atoms with E-state index in [1.54, 1.807) is 0 Å². The molecule has 4 nitrogen and oxygen atoms in total. The third kappa shape index (κ3) is 4.03. The van der Waals surface area contributed by atoms with E-state index in [-0.39, 0.29) is 16.4 Å². The molecule has 0 aliphatic heterocycles. The van der Waals surface area contributed by atoms with Crippen molar-refractivity contribution < 1.29 is 19.1 Å². The van der Waals surface area contributed by atoms with Crippen molar-refractivity contribution in [3.05, 3.63) is 34.1 Å². The van der Waals surface area contributed by atoms with Crippen LogP contribution in [0.5, 0.6) is 0 Å². The van der Waals surface area contributed by atoms with Crippen LogP contribution in [0.2, 0.25) is 0 Å². The van der Waals surface area contributed by atoms with E-state index in [1.807, 2.05) is 0 Å². The molecule has 21 heavy (non-hydrogen) atoms. The lowest BCUT2D eigenvalue weighted by Gasteiger charge is -2.23. The van der Waals surface area contributed by atoms with Crippen molar-refractivity contribution in [2.75, 3.05) is 0 Å². The highest BCUT2D eigenvalue weighted by atomic mass is 79.9. The number of carboxylic acids is 1. The molecule has 6 heteroatoms. The Hall–Kier alpha value is -1.43. The van der Waals surface area contributed by atoms with Crippen LogP contribution < -0.4 is 5.32 Å². The molecule has 0 spiro atoms. The number of carboxylic acid groups (broad SMARTS) is 1. The minimum atomic E-state index is -0.873. The molecule has 2 N–H and O–H groups in total. The number of rotatable bonds is 3. The molecule has 114 valence electrons. The van der Waals surface area contributed by atoms with Crippen molar-refractivity contribution in [1.29, 1.82) is 0 Å². The lowest BCUT2D eigenvalue weighted by molar-refractivity contribution is -0.142. The summed E-state index contributed by atoms with van der Waals surface area (Å²) in [4.78, 5) is 23.5. The molecule has 0 aromatic heterocycles. The van der Waals surface area contributed by atoms with Gasteiger partial charge in [-0.05, 0) is 47.0 Å². The molecule has 0 radical (unpaired) electrons. The van der Waals surface area contributed by atoms with Crippen LogP contribution in [0.25, 0.3) is 0 Å². The Morgan fingerprint density at radius 3 is 2.62 bits per heavy atom. The van der Waals surface area contributed by atoms with E-state index < -0.39 is 17.7 Å². The summed E-state index contributed by atoms with van der Waals surface area (Å²) in [6, 6.07) is 3.63. The maximum atomic E-state index is 13.2. The predicted octanol–water partition coefficient (Wildman–Crippen LogP) is 3.35. The maximum Gasteiger partial charge on any atom is 0.308 e. The molecule has 0 heterocycles. The summed E-state index contributed by atoms with van der Waals surface area (Å²) in [7, 11) is 0. The molecule has 0 bridgehead atoms. The van der Waals surface area contributed by atoms with E-state index in [0.717, 1.165) is 19.3 Å². The molecule has 1 aromatic carbocycles. The van der Waals surface area contributed by atoms with Crippen molar-refractivity contribution in [2.45, 2.75) is 38.1 Å². The highest BCUT2D eigenvalue weighted by Gasteiger charge is 2.30. The van der Waals surface area contributed by atoms with Crippen molar-refractivity contribution in [3.63, 3.8) is 0 Å². The van der Waals surface area contributed by atoms with Gasteiger partial charge in [-0.15, -0.1) is 0 Å². The highest BCUT2D eigenvalue weighted by molar-refractivity contribution is 9.10. The largest absolute Gasteiger partial charge is 0.481 e. The fourth-order valence-electron chi connectivity index (χ4n) is 2.67. The second kappa shape index (κ2) is 7.02. The van der Waals surface area contributed by atoms with Gasteiger partial charge in [-0.1, -0.05) is 19.3 Å². The number of aliphatic carboxylic acids is 1. The quantitative estimate of drug-likeness (QED) is 0.815. The van der Waals surface area contributed by atoms with Crippen LogP contribution in [0.3, 0.4) is 0 Å². The zero-order chi connectivity index (χ0) is 15.4. The Balaban J connectivity index is 2.12. The van der Waals surface area contributed by atoms with Gasteiger partial charge in [-0.2, -0.15) is 0 Å². The predicted molar refractivity (Wildman–Crippen MR) is 79.6 cm³/mol. The monoisotopic (exact) mass is 357 g/mol. The third-order valence-corrected chi connectivity index (χ3v) is 4.44. The fraction of sp³-hybridized carbons (Fsp3) is 0.467. The maximum absolute atomic E-state index is 13.2. The first-order valence-corrected chi connectivity index (χ1v) is 7.77. The first kappa shape index (κ1) is 15.9. The number of benzene rings is 1. The first-order valence-electron chi connectivity index (χ1n) is 6.98. The lowest BCUT2D eigenvalue weighted by atomic mass is 9.94. The fourth-order valence-corrected chi connectivity index (χ4v) is 3.04. The summed E-state index contributed by atoms with van der Waals surface area (Å²) in [5, 5.41) is 12.1. The standard InChI is InChI=1S/C15H17BrFNO3/c16-11-8-9(6-7-12(11)17)14(19)18-13-5-3-1-2-4-10(13)15(20)21/h6-8,10,13H,1-5H2,(H,18,19)(H,20,21). The van der Waals surface area contributed by atoms with Crippen LogP contribution in [-0.4, -0.2) is 23.0 Å². The van der Waals surface area contributed by atoms with Crippen LogP contribution in [0.15, 0.2) is 22.7 Å². The molecular weight excluding hydrogens is 341 g/mol. The van der Waals surface area contributed by atoms with E-state index in [9.17, 15) is 19.1 Å². The molecule has 1 saturated carbocycles. The van der Waals surface area contributed by atoms with Crippen molar-refractivity contribution >= 4 is 27.8 Å². The molecule has 1 aliphatic carbocycles. The van der Waals surface area contributed by atoms with E-state index in [0.29, 0.717) is 18.4 Å². The second-order valence-corrected chi connectivity index (χ2v) is 6.15. The van der Waals surface area contributed by atoms with Crippen LogP contribution in [0, 0.1) is 11.7 Å². The second-order valence-electron chi connectivity index (χ2n) is 5.29.